The van der Waals surface area contributed by atoms with Crippen molar-refractivity contribution in [3.8, 4) is 0 Å². The predicted molar refractivity (Wildman–Crippen MR) is 64.9 cm³/mol. The molecular formula is C13H24N2O. The summed E-state index contributed by atoms with van der Waals surface area (Å²) in [5, 5.41) is 3.22. The second kappa shape index (κ2) is 4.74. The summed E-state index contributed by atoms with van der Waals surface area (Å²) in [6.45, 7) is 2.79. The van der Waals surface area contributed by atoms with E-state index < -0.39 is 0 Å². The maximum atomic E-state index is 12.2. The van der Waals surface area contributed by atoms with Gasteiger partial charge in [0.2, 0.25) is 5.91 Å². The number of amides is 1. The van der Waals surface area contributed by atoms with Crippen LogP contribution < -0.4 is 11.1 Å². The van der Waals surface area contributed by atoms with Gasteiger partial charge in [-0.3, -0.25) is 4.79 Å². The zero-order valence-corrected chi connectivity index (χ0v) is 10.3. The van der Waals surface area contributed by atoms with Crippen LogP contribution in [-0.4, -0.2) is 18.5 Å². The van der Waals surface area contributed by atoms with Gasteiger partial charge < -0.3 is 11.1 Å². The van der Waals surface area contributed by atoms with Crippen molar-refractivity contribution in [2.75, 3.05) is 6.54 Å². The first kappa shape index (κ1) is 11.9. The van der Waals surface area contributed by atoms with Gasteiger partial charge in [-0.15, -0.1) is 0 Å². The van der Waals surface area contributed by atoms with E-state index in [1.54, 1.807) is 0 Å². The molecule has 0 aromatic carbocycles. The number of carbonyl (C=O) groups is 1. The molecule has 2 unspecified atom stereocenters. The third-order valence-corrected chi connectivity index (χ3v) is 4.45. The lowest BCUT2D eigenvalue weighted by Gasteiger charge is -2.41. The van der Waals surface area contributed by atoms with E-state index in [2.05, 4.69) is 12.2 Å². The van der Waals surface area contributed by atoms with Crippen molar-refractivity contribution in [1.29, 1.82) is 0 Å². The topological polar surface area (TPSA) is 55.1 Å². The zero-order valence-electron chi connectivity index (χ0n) is 10.3. The van der Waals surface area contributed by atoms with Gasteiger partial charge in [-0.1, -0.05) is 26.2 Å². The fourth-order valence-corrected chi connectivity index (χ4v) is 3.03. The number of hydrogen-bond donors (Lipinski definition) is 2. The van der Waals surface area contributed by atoms with Crippen LogP contribution in [0.2, 0.25) is 0 Å². The standard InChI is InChI=1S/C13H24N2O/c1-10-4-2-5-11(8-10)15-12(16)13(9-14)6-3-7-13/h10-11H,2-9,14H2,1H3,(H,15,16). The van der Waals surface area contributed by atoms with Crippen molar-refractivity contribution in [1.82, 2.24) is 5.32 Å². The van der Waals surface area contributed by atoms with Crippen molar-refractivity contribution in [3.63, 3.8) is 0 Å². The maximum Gasteiger partial charge on any atom is 0.227 e. The Labute approximate surface area is 98.2 Å². The number of carbonyl (C=O) groups excluding carboxylic acids is 1. The molecular weight excluding hydrogens is 200 g/mol. The van der Waals surface area contributed by atoms with Gasteiger partial charge in [-0.05, 0) is 31.6 Å². The molecule has 2 saturated carbocycles. The Morgan fingerprint density at radius 2 is 2.12 bits per heavy atom. The van der Waals surface area contributed by atoms with Crippen molar-refractivity contribution in [2.24, 2.45) is 17.1 Å². The van der Waals surface area contributed by atoms with Crippen LogP contribution in [0.4, 0.5) is 0 Å². The van der Waals surface area contributed by atoms with Crippen LogP contribution in [-0.2, 0) is 4.79 Å². The molecule has 0 spiro atoms. The monoisotopic (exact) mass is 224 g/mol. The van der Waals surface area contributed by atoms with E-state index in [-0.39, 0.29) is 11.3 Å². The van der Waals surface area contributed by atoms with E-state index >= 15 is 0 Å². The minimum absolute atomic E-state index is 0.208. The molecule has 0 radical (unpaired) electrons. The lowest BCUT2D eigenvalue weighted by atomic mass is 9.68. The Morgan fingerprint density at radius 3 is 2.62 bits per heavy atom. The molecule has 2 fully saturated rings. The number of nitrogens with two attached hydrogens (primary N) is 1. The van der Waals surface area contributed by atoms with Crippen LogP contribution in [0.5, 0.6) is 0 Å². The SMILES string of the molecule is CC1CCCC(NC(=O)C2(CN)CCC2)C1. The number of hydrogen-bond acceptors (Lipinski definition) is 2. The van der Waals surface area contributed by atoms with Gasteiger partial charge in [0.1, 0.15) is 0 Å². The van der Waals surface area contributed by atoms with Crippen LogP contribution in [0.25, 0.3) is 0 Å². The Balaban J connectivity index is 1.86. The Morgan fingerprint density at radius 1 is 1.38 bits per heavy atom. The lowest BCUT2D eigenvalue weighted by molar-refractivity contribution is -0.136. The van der Waals surface area contributed by atoms with Crippen molar-refractivity contribution in [3.05, 3.63) is 0 Å². The molecule has 2 aliphatic carbocycles. The predicted octanol–water partition coefficient (Wildman–Crippen LogP) is 1.81. The van der Waals surface area contributed by atoms with Crippen molar-refractivity contribution < 1.29 is 4.79 Å². The summed E-state index contributed by atoms with van der Waals surface area (Å²) in [6.07, 6.45) is 7.99. The van der Waals surface area contributed by atoms with Gasteiger partial charge in [0.05, 0.1) is 5.41 Å². The molecule has 2 aliphatic rings. The summed E-state index contributed by atoms with van der Waals surface area (Å²) in [4.78, 5) is 12.2. The van der Waals surface area contributed by atoms with Crippen LogP contribution in [0, 0.1) is 11.3 Å². The smallest absolute Gasteiger partial charge is 0.227 e. The Bertz CT molecular complexity index is 255. The highest BCUT2D eigenvalue weighted by molar-refractivity contribution is 5.84. The van der Waals surface area contributed by atoms with E-state index in [0.29, 0.717) is 12.6 Å². The molecule has 0 aromatic rings. The first-order valence-corrected chi connectivity index (χ1v) is 6.67. The molecule has 0 heterocycles. The summed E-state index contributed by atoms with van der Waals surface area (Å²) in [6, 6.07) is 0.403. The van der Waals surface area contributed by atoms with Gasteiger partial charge in [-0.2, -0.15) is 0 Å². The van der Waals surface area contributed by atoms with Gasteiger partial charge >= 0.3 is 0 Å². The minimum Gasteiger partial charge on any atom is -0.353 e. The largest absolute Gasteiger partial charge is 0.353 e. The van der Waals surface area contributed by atoms with Gasteiger partial charge in [0.25, 0.3) is 0 Å². The Hall–Kier alpha value is -0.570. The number of nitrogens with one attached hydrogen (secondary N) is 1. The molecule has 0 aliphatic heterocycles. The average molecular weight is 224 g/mol. The van der Waals surface area contributed by atoms with Crippen LogP contribution in [0.15, 0.2) is 0 Å². The summed E-state index contributed by atoms with van der Waals surface area (Å²) in [5.41, 5.74) is 5.53. The lowest BCUT2D eigenvalue weighted by Crippen LogP contribution is -2.53. The normalized spacial score (nSPS) is 32.9. The third kappa shape index (κ3) is 2.24. The average Bonchev–Trinajstić information content (AvgIpc) is 2.16. The van der Waals surface area contributed by atoms with Gasteiger partial charge in [-0.25, -0.2) is 0 Å². The number of rotatable bonds is 3. The van der Waals surface area contributed by atoms with E-state index in [9.17, 15) is 4.79 Å². The van der Waals surface area contributed by atoms with Gasteiger partial charge in [0.15, 0.2) is 0 Å². The fraction of sp³-hybridized carbons (Fsp3) is 0.923. The summed E-state index contributed by atoms with van der Waals surface area (Å²) in [7, 11) is 0. The van der Waals surface area contributed by atoms with E-state index in [0.717, 1.165) is 38.0 Å². The molecule has 0 aromatic heterocycles. The van der Waals surface area contributed by atoms with Crippen LogP contribution in [0.3, 0.4) is 0 Å². The van der Waals surface area contributed by atoms with Crippen molar-refractivity contribution >= 4 is 5.91 Å². The molecule has 3 nitrogen and oxygen atoms in total. The molecule has 2 atom stereocenters. The minimum atomic E-state index is -0.208. The van der Waals surface area contributed by atoms with Crippen LogP contribution in [0.1, 0.15) is 51.9 Å². The zero-order chi connectivity index (χ0) is 11.6. The Kier molecular flexibility index (Phi) is 3.53. The molecule has 0 bridgehead atoms. The molecule has 3 heteroatoms. The van der Waals surface area contributed by atoms with E-state index in [4.69, 9.17) is 5.73 Å². The van der Waals surface area contributed by atoms with Gasteiger partial charge in [0, 0.05) is 12.6 Å². The molecule has 0 saturated heterocycles. The first-order chi connectivity index (χ1) is 7.66. The highest BCUT2D eigenvalue weighted by Crippen LogP contribution is 2.40. The third-order valence-electron chi connectivity index (χ3n) is 4.45. The molecule has 92 valence electrons. The van der Waals surface area contributed by atoms with E-state index in [1.165, 1.54) is 12.8 Å². The molecule has 16 heavy (non-hydrogen) atoms. The second-order valence-electron chi connectivity index (χ2n) is 5.78. The van der Waals surface area contributed by atoms with E-state index in [1.807, 2.05) is 0 Å². The first-order valence-electron chi connectivity index (χ1n) is 6.67. The fourth-order valence-electron chi connectivity index (χ4n) is 3.03. The quantitative estimate of drug-likeness (QED) is 0.768. The summed E-state index contributed by atoms with van der Waals surface area (Å²) in [5.74, 6) is 0.981. The highest BCUT2D eigenvalue weighted by atomic mass is 16.2. The summed E-state index contributed by atoms with van der Waals surface area (Å²) >= 11 is 0. The maximum absolute atomic E-state index is 12.2. The van der Waals surface area contributed by atoms with Crippen LogP contribution >= 0.6 is 0 Å². The summed E-state index contributed by atoms with van der Waals surface area (Å²) < 4.78 is 0. The highest BCUT2D eigenvalue weighted by Gasteiger charge is 2.43. The molecule has 2 rings (SSSR count). The molecule has 3 N–H and O–H groups in total. The molecule has 1 amide bonds. The second-order valence-corrected chi connectivity index (χ2v) is 5.78. The van der Waals surface area contributed by atoms with Crippen molar-refractivity contribution in [2.45, 2.75) is 57.9 Å².